The van der Waals surface area contributed by atoms with Gasteiger partial charge in [-0.05, 0) is 19.1 Å². The van der Waals surface area contributed by atoms with E-state index in [9.17, 15) is 0 Å². The fourth-order valence-electron chi connectivity index (χ4n) is 1.20. The van der Waals surface area contributed by atoms with E-state index >= 15 is 0 Å². The number of hydrogen-bond acceptors (Lipinski definition) is 3. The van der Waals surface area contributed by atoms with Crippen molar-refractivity contribution in [2.75, 3.05) is 5.73 Å². The Morgan fingerprint density at radius 2 is 2.21 bits per heavy atom. The Morgan fingerprint density at radius 3 is 2.79 bits per heavy atom. The lowest BCUT2D eigenvalue weighted by atomic mass is 10.2. The minimum atomic E-state index is 0.372. The molecule has 72 valence electrons. The van der Waals surface area contributed by atoms with E-state index in [-0.39, 0.29) is 0 Å². The van der Waals surface area contributed by atoms with Gasteiger partial charge >= 0.3 is 0 Å². The Labute approximate surface area is 86.1 Å². The van der Waals surface area contributed by atoms with Crippen LogP contribution in [0, 0.1) is 6.92 Å². The quantitative estimate of drug-likeness (QED) is 0.705. The summed E-state index contributed by atoms with van der Waals surface area (Å²) < 4.78 is 0. The third-order valence-corrected chi connectivity index (χ3v) is 2.16. The highest BCUT2D eigenvalue weighted by Crippen LogP contribution is 2.24. The normalized spacial score (nSPS) is 10.4. The van der Waals surface area contributed by atoms with Gasteiger partial charge < -0.3 is 10.7 Å². The first kappa shape index (κ1) is 9.02. The molecule has 0 saturated carbocycles. The topological polar surface area (TPSA) is 67.6 Å². The van der Waals surface area contributed by atoms with Crippen LogP contribution in [0.4, 0.5) is 5.95 Å². The maximum absolute atomic E-state index is 5.97. The molecular formula is C9H9ClN4. The third-order valence-electron chi connectivity index (χ3n) is 1.87. The molecule has 0 aromatic carbocycles. The molecule has 0 aliphatic rings. The maximum Gasteiger partial charge on any atom is 0.197 e. The molecule has 0 aliphatic carbocycles. The van der Waals surface area contributed by atoms with Gasteiger partial charge in [0.15, 0.2) is 5.95 Å². The van der Waals surface area contributed by atoms with Crippen molar-refractivity contribution in [1.29, 1.82) is 0 Å². The van der Waals surface area contributed by atoms with Crippen LogP contribution >= 0.6 is 11.6 Å². The smallest absolute Gasteiger partial charge is 0.197 e. The highest BCUT2D eigenvalue weighted by Gasteiger charge is 2.06. The molecule has 0 spiro atoms. The SMILES string of the molecule is Cc1ccc(-c2cnc(N)[nH]2)c(Cl)n1. The number of anilines is 1. The number of hydrogen-bond donors (Lipinski definition) is 2. The predicted molar refractivity (Wildman–Crippen MR) is 56.0 cm³/mol. The van der Waals surface area contributed by atoms with Crippen LogP contribution in [-0.2, 0) is 0 Å². The number of nitrogens with one attached hydrogen (secondary N) is 1. The van der Waals surface area contributed by atoms with Gasteiger partial charge in [0.05, 0.1) is 11.9 Å². The summed E-state index contributed by atoms with van der Waals surface area (Å²) in [5.74, 6) is 0.372. The molecule has 0 bridgehead atoms. The van der Waals surface area contributed by atoms with Gasteiger partial charge in [-0.2, -0.15) is 0 Å². The number of H-pyrrole nitrogens is 1. The minimum absolute atomic E-state index is 0.372. The predicted octanol–water partition coefficient (Wildman–Crippen LogP) is 2.02. The zero-order valence-corrected chi connectivity index (χ0v) is 8.34. The van der Waals surface area contributed by atoms with E-state index in [0.29, 0.717) is 11.1 Å². The number of aromatic amines is 1. The summed E-state index contributed by atoms with van der Waals surface area (Å²) in [6.45, 7) is 1.89. The number of nitrogens with two attached hydrogens (primary N) is 1. The van der Waals surface area contributed by atoms with Crippen LogP contribution < -0.4 is 5.73 Å². The van der Waals surface area contributed by atoms with Gasteiger partial charge in [-0.3, -0.25) is 0 Å². The Kier molecular flexibility index (Phi) is 2.13. The van der Waals surface area contributed by atoms with Crippen molar-refractivity contribution in [1.82, 2.24) is 15.0 Å². The van der Waals surface area contributed by atoms with Gasteiger partial charge in [-0.1, -0.05) is 11.6 Å². The third kappa shape index (κ3) is 1.56. The molecule has 0 aliphatic heterocycles. The van der Waals surface area contributed by atoms with Crippen molar-refractivity contribution < 1.29 is 0 Å². The van der Waals surface area contributed by atoms with Gasteiger partial charge in [-0.15, -0.1) is 0 Å². The average Bonchev–Trinajstić information content (AvgIpc) is 2.51. The van der Waals surface area contributed by atoms with E-state index in [2.05, 4.69) is 15.0 Å². The summed E-state index contributed by atoms with van der Waals surface area (Å²) in [5, 5.41) is 0.452. The average molecular weight is 209 g/mol. The fourth-order valence-corrected chi connectivity index (χ4v) is 1.50. The zero-order valence-electron chi connectivity index (χ0n) is 7.58. The summed E-state index contributed by atoms with van der Waals surface area (Å²) in [4.78, 5) is 10.9. The standard InChI is InChI=1S/C9H9ClN4/c1-5-2-3-6(8(10)13-5)7-4-12-9(11)14-7/h2-4H,1H3,(H3,11,12,14). The molecule has 2 aromatic rings. The lowest BCUT2D eigenvalue weighted by molar-refractivity contribution is 1.20. The van der Waals surface area contributed by atoms with E-state index in [1.165, 1.54) is 0 Å². The van der Waals surface area contributed by atoms with Crippen molar-refractivity contribution in [2.24, 2.45) is 0 Å². The van der Waals surface area contributed by atoms with Crippen molar-refractivity contribution >= 4 is 17.5 Å². The number of imidazole rings is 1. The van der Waals surface area contributed by atoms with E-state index in [4.69, 9.17) is 17.3 Å². The molecule has 0 unspecified atom stereocenters. The number of pyridine rings is 1. The molecule has 0 radical (unpaired) electrons. The zero-order chi connectivity index (χ0) is 10.1. The van der Waals surface area contributed by atoms with Crippen LogP contribution in [0.15, 0.2) is 18.3 Å². The monoisotopic (exact) mass is 208 g/mol. The molecule has 5 heteroatoms. The number of nitrogens with zero attached hydrogens (tertiary/aromatic N) is 2. The van der Waals surface area contributed by atoms with Crippen molar-refractivity contribution in [2.45, 2.75) is 6.92 Å². The Hall–Kier alpha value is -1.55. The van der Waals surface area contributed by atoms with E-state index in [1.54, 1.807) is 6.20 Å². The molecule has 2 rings (SSSR count). The Bertz CT molecular complexity index is 464. The second kappa shape index (κ2) is 3.31. The molecule has 0 fully saturated rings. The Morgan fingerprint density at radius 1 is 1.43 bits per heavy atom. The fraction of sp³-hybridized carbons (Fsp3) is 0.111. The second-order valence-corrected chi connectivity index (χ2v) is 3.33. The molecule has 0 amide bonds. The van der Waals surface area contributed by atoms with E-state index in [0.717, 1.165) is 17.0 Å². The van der Waals surface area contributed by atoms with Crippen molar-refractivity contribution in [3.63, 3.8) is 0 Å². The summed E-state index contributed by atoms with van der Waals surface area (Å²) in [6.07, 6.45) is 1.63. The maximum atomic E-state index is 5.97. The summed E-state index contributed by atoms with van der Waals surface area (Å²) in [7, 11) is 0. The molecule has 4 nitrogen and oxygen atoms in total. The van der Waals surface area contributed by atoms with E-state index < -0.39 is 0 Å². The molecule has 2 aromatic heterocycles. The summed E-state index contributed by atoms with van der Waals surface area (Å²) in [5.41, 5.74) is 7.93. The molecule has 3 N–H and O–H groups in total. The number of halogens is 1. The minimum Gasteiger partial charge on any atom is -0.369 e. The van der Waals surface area contributed by atoms with Crippen LogP contribution in [0.5, 0.6) is 0 Å². The van der Waals surface area contributed by atoms with Gasteiger partial charge in [-0.25, -0.2) is 9.97 Å². The first-order valence-electron chi connectivity index (χ1n) is 4.11. The van der Waals surface area contributed by atoms with Crippen LogP contribution in [0.25, 0.3) is 11.3 Å². The largest absolute Gasteiger partial charge is 0.369 e. The summed E-state index contributed by atoms with van der Waals surface area (Å²) in [6, 6.07) is 3.77. The molecule has 0 atom stereocenters. The second-order valence-electron chi connectivity index (χ2n) is 2.97. The Balaban J connectivity index is 2.52. The number of aromatic nitrogens is 3. The van der Waals surface area contributed by atoms with Crippen molar-refractivity contribution in [3.05, 3.63) is 29.2 Å². The van der Waals surface area contributed by atoms with Crippen LogP contribution in [0.2, 0.25) is 5.15 Å². The van der Waals surface area contributed by atoms with Gasteiger partial charge in [0, 0.05) is 11.3 Å². The lowest BCUT2D eigenvalue weighted by Crippen LogP contribution is -1.88. The van der Waals surface area contributed by atoms with E-state index in [1.807, 2.05) is 19.1 Å². The van der Waals surface area contributed by atoms with Crippen LogP contribution in [0.1, 0.15) is 5.69 Å². The first-order chi connectivity index (χ1) is 6.66. The highest BCUT2D eigenvalue weighted by atomic mass is 35.5. The van der Waals surface area contributed by atoms with Crippen LogP contribution in [-0.4, -0.2) is 15.0 Å². The number of nitrogen functional groups attached to an aromatic ring is 1. The van der Waals surface area contributed by atoms with Gasteiger partial charge in [0.2, 0.25) is 0 Å². The molecular weight excluding hydrogens is 200 g/mol. The van der Waals surface area contributed by atoms with Crippen LogP contribution in [0.3, 0.4) is 0 Å². The van der Waals surface area contributed by atoms with Crippen molar-refractivity contribution in [3.8, 4) is 11.3 Å². The number of rotatable bonds is 1. The number of aryl methyl sites for hydroxylation is 1. The molecule has 2 heterocycles. The lowest BCUT2D eigenvalue weighted by Gasteiger charge is -2.00. The first-order valence-corrected chi connectivity index (χ1v) is 4.48. The van der Waals surface area contributed by atoms with Gasteiger partial charge in [0.1, 0.15) is 5.15 Å². The van der Waals surface area contributed by atoms with Gasteiger partial charge in [0.25, 0.3) is 0 Å². The summed E-state index contributed by atoms with van der Waals surface area (Å²) >= 11 is 5.97. The molecule has 14 heavy (non-hydrogen) atoms. The molecule has 0 saturated heterocycles. The highest BCUT2D eigenvalue weighted by molar-refractivity contribution is 6.32.